The van der Waals surface area contributed by atoms with E-state index in [1.165, 1.54) is 20.2 Å². The molecule has 0 fully saturated rings. The normalized spacial score (nSPS) is 12.8. The summed E-state index contributed by atoms with van der Waals surface area (Å²) in [5, 5.41) is 4.82. The van der Waals surface area contributed by atoms with Gasteiger partial charge in [0.25, 0.3) is 0 Å². The lowest BCUT2D eigenvalue weighted by molar-refractivity contribution is 0.873. The van der Waals surface area contributed by atoms with Crippen LogP contribution in [0.1, 0.15) is 33.2 Å². The van der Waals surface area contributed by atoms with Gasteiger partial charge in [-0.05, 0) is 57.0 Å². The Hall–Kier alpha value is -1.17. The van der Waals surface area contributed by atoms with Crippen molar-refractivity contribution in [3.05, 3.63) is 37.6 Å². The monoisotopic (exact) mass is 337 g/mol. The summed E-state index contributed by atoms with van der Waals surface area (Å²) >= 11 is 9.50. The number of rotatable bonds is 3. The molecule has 1 atom stereocenters. The van der Waals surface area contributed by atoms with Gasteiger partial charge >= 0.3 is 0 Å². The van der Waals surface area contributed by atoms with Gasteiger partial charge in [0.05, 0.1) is 11.4 Å². The van der Waals surface area contributed by atoms with Crippen molar-refractivity contribution in [2.24, 2.45) is 0 Å². The third-order valence-electron chi connectivity index (χ3n) is 3.39. The van der Waals surface area contributed by atoms with Crippen LogP contribution in [0, 0.1) is 20.8 Å². The van der Waals surface area contributed by atoms with Crippen molar-refractivity contribution in [1.82, 2.24) is 9.97 Å². The lowest BCUT2D eigenvalue weighted by Crippen LogP contribution is -2.08. The van der Waals surface area contributed by atoms with Gasteiger partial charge in [0.2, 0.25) is 5.28 Å². The van der Waals surface area contributed by atoms with Crippen LogP contribution in [0.2, 0.25) is 5.28 Å². The summed E-state index contributed by atoms with van der Waals surface area (Å²) in [6.45, 7) is 8.51. The predicted molar refractivity (Wildman–Crippen MR) is 93.0 cm³/mol. The maximum atomic E-state index is 6.04. The number of hydrogen-bond donors (Lipinski definition) is 1. The molecule has 0 bridgehead atoms. The highest BCUT2D eigenvalue weighted by atomic mass is 35.5. The van der Waals surface area contributed by atoms with E-state index >= 15 is 0 Å². The quantitative estimate of drug-likeness (QED) is 0.641. The van der Waals surface area contributed by atoms with Gasteiger partial charge in [0.1, 0.15) is 10.6 Å². The first-order valence-electron chi connectivity index (χ1n) is 6.71. The van der Waals surface area contributed by atoms with Gasteiger partial charge in [-0.25, -0.2) is 9.97 Å². The third-order valence-corrected chi connectivity index (χ3v) is 5.48. The van der Waals surface area contributed by atoms with Gasteiger partial charge in [-0.2, -0.15) is 0 Å². The maximum Gasteiger partial charge on any atom is 0.225 e. The van der Waals surface area contributed by atoms with Crippen molar-refractivity contribution >= 4 is 50.3 Å². The summed E-state index contributed by atoms with van der Waals surface area (Å²) in [6.07, 6.45) is 0. The number of nitrogens with zero attached hydrogens (tertiary/aromatic N) is 2. The van der Waals surface area contributed by atoms with Crippen LogP contribution in [0.5, 0.6) is 0 Å². The molecule has 3 aromatic rings. The van der Waals surface area contributed by atoms with Crippen LogP contribution in [-0.2, 0) is 0 Å². The number of aromatic nitrogens is 2. The molecule has 3 aromatic heterocycles. The van der Waals surface area contributed by atoms with Crippen LogP contribution in [-0.4, -0.2) is 9.97 Å². The fourth-order valence-corrected chi connectivity index (χ4v) is 4.61. The average Bonchev–Trinajstić information content (AvgIpc) is 2.91. The first-order valence-corrected chi connectivity index (χ1v) is 8.72. The molecule has 3 heterocycles. The summed E-state index contributed by atoms with van der Waals surface area (Å²) in [6, 6.07) is 4.53. The molecule has 0 saturated heterocycles. The number of nitrogens with one attached hydrogen (secondary N) is 1. The molecule has 6 heteroatoms. The molecular formula is C15H16ClN3S2. The lowest BCUT2D eigenvalue weighted by atomic mass is 10.1. The number of anilines is 1. The topological polar surface area (TPSA) is 37.8 Å². The molecule has 1 unspecified atom stereocenters. The Morgan fingerprint density at radius 3 is 2.48 bits per heavy atom. The minimum atomic E-state index is 0.185. The second-order valence-electron chi connectivity index (χ2n) is 5.15. The molecule has 0 aliphatic heterocycles. The van der Waals surface area contributed by atoms with E-state index < -0.39 is 0 Å². The molecule has 3 rings (SSSR count). The van der Waals surface area contributed by atoms with E-state index in [4.69, 9.17) is 11.6 Å². The summed E-state index contributed by atoms with van der Waals surface area (Å²) in [5.41, 5.74) is 1.31. The van der Waals surface area contributed by atoms with Gasteiger partial charge in [-0.1, -0.05) is 0 Å². The van der Waals surface area contributed by atoms with E-state index in [0.717, 1.165) is 16.0 Å². The van der Waals surface area contributed by atoms with E-state index in [1.807, 2.05) is 11.3 Å². The van der Waals surface area contributed by atoms with Crippen LogP contribution >= 0.6 is 34.3 Å². The Morgan fingerprint density at radius 1 is 1.10 bits per heavy atom. The van der Waals surface area contributed by atoms with E-state index in [-0.39, 0.29) is 11.3 Å². The largest absolute Gasteiger partial charge is 0.363 e. The van der Waals surface area contributed by atoms with Gasteiger partial charge in [-0.3, -0.25) is 0 Å². The Kier molecular flexibility index (Phi) is 3.90. The van der Waals surface area contributed by atoms with Gasteiger partial charge in [0, 0.05) is 14.6 Å². The molecule has 0 aliphatic carbocycles. The highest BCUT2D eigenvalue weighted by molar-refractivity contribution is 7.18. The Morgan fingerprint density at radius 2 is 1.81 bits per heavy atom. The van der Waals surface area contributed by atoms with Gasteiger partial charge in [0.15, 0.2) is 0 Å². The van der Waals surface area contributed by atoms with E-state index in [1.54, 1.807) is 11.3 Å². The fourth-order valence-electron chi connectivity index (χ4n) is 2.49. The minimum absolute atomic E-state index is 0.185. The molecule has 0 radical (unpaired) electrons. The highest BCUT2D eigenvalue weighted by Gasteiger charge is 2.15. The second kappa shape index (κ2) is 5.55. The molecule has 3 nitrogen and oxygen atoms in total. The van der Waals surface area contributed by atoms with Crippen molar-refractivity contribution in [3.63, 3.8) is 0 Å². The Balaban J connectivity index is 1.99. The highest BCUT2D eigenvalue weighted by Crippen LogP contribution is 2.33. The molecular weight excluding hydrogens is 322 g/mol. The van der Waals surface area contributed by atoms with Crippen molar-refractivity contribution in [1.29, 1.82) is 0 Å². The SMILES string of the molecule is Cc1cc(C(C)Nc2nc(Cl)nc3sc(C)cc23)c(C)s1. The molecule has 110 valence electrons. The van der Waals surface area contributed by atoms with Crippen molar-refractivity contribution in [2.45, 2.75) is 33.7 Å². The first-order chi connectivity index (χ1) is 9.94. The third kappa shape index (κ3) is 2.91. The van der Waals surface area contributed by atoms with E-state index in [9.17, 15) is 0 Å². The zero-order valence-electron chi connectivity index (χ0n) is 12.3. The smallest absolute Gasteiger partial charge is 0.225 e. The van der Waals surface area contributed by atoms with Crippen molar-refractivity contribution in [3.8, 4) is 0 Å². The molecule has 21 heavy (non-hydrogen) atoms. The van der Waals surface area contributed by atoms with E-state index in [2.05, 4.69) is 55.1 Å². The van der Waals surface area contributed by atoms with Gasteiger partial charge in [-0.15, -0.1) is 22.7 Å². The van der Waals surface area contributed by atoms with Crippen molar-refractivity contribution in [2.75, 3.05) is 5.32 Å². The summed E-state index contributed by atoms with van der Waals surface area (Å²) in [5.74, 6) is 0.810. The average molecular weight is 338 g/mol. The van der Waals surface area contributed by atoms with Crippen LogP contribution in [0.15, 0.2) is 12.1 Å². The summed E-state index contributed by atoms with van der Waals surface area (Å²) in [4.78, 5) is 13.5. The molecule has 0 aromatic carbocycles. The number of fused-ring (bicyclic) bond motifs is 1. The molecule has 0 aliphatic rings. The zero-order valence-corrected chi connectivity index (χ0v) is 14.7. The number of halogens is 1. The lowest BCUT2D eigenvalue weighted by Gasteiger charge is -2.15. The Bertz CT molecular complexity index is 807. The van der Waals surface area contributed by atoms with Crippen LogP contribution in [0.4, 0.5) is 5.82 Å². The molecule has 1 N–H and O–H groups in total. The fraction of sp³-hybridized carbons (Fsp3) is 0.333. The molecule has 0 saturated carbocycles. The zero-order chi connectivity index (χ0) is 15.1. The van der Waals surface area contributed by atoms with Crippen molar-refractivity contribution < 1.29 is 0 Å². The predicted octanol–water partition coefficient (Wildman–Crippen LogP) is 5.50. The molecule has 0 amide bonds. The maximum absolute atomic E-state index is 6.04. The minimum Gasteiger partial charge on any atom is -0.363 e. The summed E-state index contributed by atoms with van der Waals surface area (Å²) in [7, 11) is 0. The van der Waals surface area contributed by atoms with Crippen LogP contribution in [0.3, 0.4) is 0 Å². The van der Waals surface area contributed by atoms with E-state index in [0.29, 0.717) is 0 Å². The Labute approximate surface area is 137 Å². The summed E-state index contributed by atoms with van der Waals surface area (Å²) < 4.78 is 0. The van der Waals surface area contributed by atoms with Gasteiger partial charge < -0.3 is 5.32 Å². The second-order valence-corrected chi connectivity index (χ2v) is 8.19. The number of aryl methyl sites for hydroxylation is 3. The number of thiophene rings is 2. The molecule has 0 spiro atoms. The standard InChI is InChI=1S/C15H16ClN3S2/c1-7-5-11(10(4)20-7)9(3)17-13-12-6-8(2)21-14(12)19-15(16)18-13/h5-6,9H,1-4H3,(H,17,18,19). The number of hydrogen-bond acceptors (Lipinski definition) is 5. The first kappa shape index (κ1) is 14.8. The van der Waals surface area contributed by atoms with Crippen LogP contribution in [0.25, 0.3) is 10.2 Å². The van der Waals surface area contributed by atoms with Crippen LogP contribution < -0.4 is 5.32 Å².